The summed E-state index contributed by atoms with van der Waals surface area (Å²) in [5.74, 6) is -0.137. The summed E-state index contributed by atoms with van der Waals surface area (Å²) in [5.41, 5.74) is -0.610. The Morgan fingerprint density at radius 3 is 2.70 bits per heavy atom. The molecule has 1 saturated carbocycles. The first-order valence-corrected chi connectivity index (χ1v) is 7.71. The van der Waals surface area contributed by atoms with E-state index in [4.69, 9.17) is 19.2 Å². The SMILES string of the molecule is C[C@H]1CC[C@@H]2[C@@H](C)C(=O)O[C@@H]3O[C@@]4(C)CC[C@@H]1[C@]32OO4. The minimum absolute atomic E-state index is 0.123. The molecule has 2 bridgehead atoms. The molecule has 1 aliphatic carbocycles. The minimum atomic E-state index is -0.793. The Morgan fingerprint density at radius 1 is 1.10 bits per heavy atom. The average molecular weight is 282 g/mol. The van der Waals surface area contributed by atoms with E-state index in [-0.39, 0.29) is 17.8 Å². The topological polar surface area (TPSA) is 54.0 Å². The molecule has 5 rings (SSSR count). The van der Waals surface area contributed by atoms with Gasteiger partial charge in [0.2, 0.25) is 12.1 Å². The normalized spacial score (nSPS) is 57.8. The van der Waals surface area contributed by atoms with Crippen molar-refractivity contribution in [1.82, 2.24) is 0 Å². The third-order valence-electron chi connectivity index (χ3n) is 5.97. The Morgan fingerprint density at radius 2 is 1.90 bits per heavy atom. The molecule has 5 aliphatic rings. The maximum absolute atomic E-state index is 12.1. The van der Waals surface area contributed by atoms with Crippen molar-refractivity contribution < 1.29 is 24.0 Å². The van der Waals surface area contributed by atoms with Crippen molar-refractivity contribution in [3.05, 3.63) is 0 Å². The fourth-order valence-electron chi connectivity index (χ4n) is 4.76. The molecule has 0 unspecified atom stereocenters. The van der Waals surface area contributed by atoms with Gasteiger partial charge in [0.15, 0.2) is 5.60 Å². The first kappa shape index (κ1) is 13.0. The summed E-state index contributed by atoms with van der Waals surface area (Å²) in [6.45, 7) is 6.06. The van der Waals surface area contributed by atoms with Crippen molar-refractivity contribution in [2.75, 3.05) is 0 Å². The van der Waals surface area contributed by atoms with Crippen LogP contribution in [0.25, 0.3) is 0 Å². The molecule has 5 heteroatoms. The molecule has 1 spiro atoms. The number of esters is 1. The van der Waals surface area contributed by atoms with Gasteiger partial charge in [-0.15, -0.1) is 0 Å². The predicted octanol–water partition coefficient (Wildman–Crippen LogP) is 2.39. The highest BCUT2D eigenvalue weighted by molar-refractivity contribution is 5.74. The molecule has 7 atom stereocenters. The number of carbonyl (C=O) groups excluding carboxylic acids is 1. The van der Waals surface area contributed by atoms with Crippen molar-refractivity contribution in [2.45, 2.75) is 64.1 Å². The van der Waals surface area contributed by atoms with E-state index >= 15 is 0 Å². The molecule has 0 aromatic rings. The molecule has 0 radical (unpaired) electrons. The van der Waals surface area contributed by atoms with Crippen molar-refractivity contribution >= 4 is 5.97 Å². The quantitative estimate of drug-likeness (QED) is 0.504. The van der Waals surface area contributed by atoms with E-state index in [2.05, 4.69) is 6.92 Å². The third-order valence-corrected chi connectivity index (χ3v) is 5.97. The van der Waals surface area contributed by atoms with Crippen LogP contribution in [0.2, 0.25) is 0 Å². The number of hydrogen-bond acceptors (Lipinski definition) is 5. The standard InChI is InChI=1S/C15H22O5/c1-8-4-5-11-9(2)12(16)17-13-15(11)10(8)6-7-14(3,18-13)19-20-15/h8-11,13H,4-7H2,1-3H3/t8-,9+,10-,11+,13+,14+,15+/m0/s1. The Bertz CT molecular complexity index is 452. The maximum atomic E-state index is 12.1. The van der Waals surface area contributed by atoms with Gasteiger partial charge < -0.3 is 9.47 Å². The fraction of sp³-hybridized carbons (Fsp3) is 0.933. The van der Waals surface area contributed by atoms with Crippen molar-refractivity contribution in [1.29, 1.82) is 0 Å². The van der Waals surface area contributed by atoms with Gasteiger partial charge in [-0.1, -0.05) is 13.8 Å². The number of hydrogen-bond donors (Lipinski definition) is 0. The van der Waals surface area contributed by atoms with Crippen LogP contribution in [0.3, 0.4) is 0 Å². The van der Waals surface area contributed by atoms with E-state index in [0.717, 1.165) is 25.7 Å². The Hall–Kier alpha value is -0.650. The van der Waals surface area contributed by atoms with Crippen molar-refractivity contribution in [3.63, 3.8) is 0 Å². The molecular formula is C15H22O5. The molecule has 5 fully saturated rings. The lowest BCUT2D eigenvalue weighted by Crippen LogP contribution is -2.69. The molecule has 112 valence electrons. The molecule has 0 N–H and O–H groups in total. The molecule has 20 heavy (non-hydrogen) atoms. The van der Waals surface area contributed by atoms with Crippen LogP contribution < -0.4 is 0 Å². The highest BCUT2D eigenvalue weighted by Crippen LogP contribution is 2.59. The molecule has 4 heterocycles. The summed E-state index contributed by atoms with van der Waals surface area (Å²) in [4.78, 5) is 23.7. The van der Waals surface area contributed by atoms with Crippen LogP contribution in [-0.2, 0) is 24.0 Å². The highest BCUT2D eigenvalue weighted by Gasteiger charge is 2.69. The van der Waals surface area contributed by atoms with Gasteiger partial charge in [0.1, 0.15) is 0 Å². The monoisotopic (exact) mass is 282 g/mol. The Balaban J connectivity index is 1.84. The lowest BCUT2D eigenvalue weighted by atomic mass is 9.58. The van der Waals surface area contributed by atoms with Crippen LogP contribution in [0, 0.1) is 23.7 Å². The molecule has 0 aromatic heterocycles. The van der Waals surface area contributed by atoms with Gasteiger partial charge in [0.05, 0.1) is 5.92 Å². The smallest absolute Gasteiger partial charge is 0.311 e. The summed E-state index contributed by atoms with van der Waals surface area (Å²) in [6.07, 6.45) is 3.24. The molecule has 4 aliphatic heterocycles. The minimum Gasteiger partial charge on any atom is -0.432 e. The van der Waals surface area contributed by atoms with Crippen molar-refractivity contribution in [2.24, 2.45) is 23.7 Å². The third kappa shape index (κ3) is 1.46. The summed E-state index contributed by atoms with van der Waals surface area (Å²) in [5, 5.41) is 0. The van der Waals surface area contributed by atoms with Gasteiger partial charge in [-0.3, -0.25) is 4.79 Å². The van der Waals surface area contributed by atoms with Crippen LogP contribution >= 0.6 is 0 Å². The van der Waals surface area contributed by atoms with Crippen LogP contribution in [-0.4, -0.2) is 23.6 Å². The van der Waals surface area contributed by atoms with Crippen LogP contribution in [0.5, 0.6) is 0 Å². The first-order chi connectivity index (χ1) is 9.46. The molecular weight excluding hydrogens is 260 g/mol. The van der Waals surface area contributed by atoms with Gasteiger partial charge in [-0.25, -0.2) is 9.78 Å². The lowest BCUT2D eigenvalue weighted by Gasteiger charge is -2.57. The van der Waals surface area contributed by atoms with Gasteiger partial charge in [0.25, 0.3) is 0 Å². The van der Waals surface area contributed by atoms with Gasteiger partial charge >= 0.3 is 5.97 Å². The van der Waals surface area contributed by atoms with E-state index in [1.807, 2.05) is 13.8 Å². The zero-order valence-electron chi connectivity index (χ0n) is 12.3. The number of fused-ring (bicyclic) bond motifs is 2. The Kier molecular flexibility index (Phi) is 2.58. The largest absolute Gasteiger partial charge is 0.432 e. The molecule has 0 aromatic carbocycles. The summed E-state index contributed by atoms with van der Waals surface area (Å²) >= 11 is 0. The first-order valence-electron chi connectivity index (χ1n) is 7.71. The van der Waals surface area contributed by atoms with E-state index in [1.54, 1.807) is 0 Å². The predicted molar refractivity (Wildman–Crippen MR) is 68.0 cm³/mol. The number of carbonyl (C=O) groups is 1. The number of rotatable bonds is 0. The average Bonchev–Trinajstić information content (AvgIpc) is 2.63. The van der Waals surface area contributed by atoms with E-state index in [9.17, 15) is 4.79 Å². The number of ether oxygens (including phenoxy) is 2. The van der Waals surface area contributed by atoms with E-state index in [0.29, 0.717) is 11.8 Å². The van der Waals surface area contributed by atoms with E-state index in [1.165, 1.54) is 0 Å². The van der Waals surface area contributed by atoms with Gasteiger partial charge in [0, 0.05) is 18.3 Å². The highest BCUT2D eigenvalue weighted by atomic mass is 17.3. The zero-order valence-corrected chi connectivity index (χ0v) is 12.3. The molecule has 0 amide bonds. The van der Waals surface area contributed by atoms with Crippen LogP contribution in [0.4, 0.5) is 0 Å². The lowest BCUT2D eigenvalue weighted by molar-refractivity contribution is -0.559. The summed E-state index contributed by atoms with van der Waals surface area (Å²) in [7, 11) is 0. The molecule has 5 nitrogen and oxygen atoms in total. The summed E-state index contributed by atoms with van der Waals surface area (Å²) < 4.78 is 11.6. The Labute approximate surface area is 118 Å². The second-order valence-electron chi connectivity index (χ2n) is 7.14. The van der Waals surface area contributed by atoms with E-state index < -0.39 is 17.7 Å². The molecule has 4 saturated heterocycles. The summed E-state index contributed by atoms with van der Waals surface area (Å²) in [6, 6.07) is 0. The maximum Gasteiger partial charge on any atom is 0.311 e. The van der Waals surface area contributed by atoms with Gasteiger partial charge in [-0.05, 0) is 32.1 Å². The second-order valence-corrected chi connectivity index (χ2v) is 7.14. The second kappa shape index (κ2) is 3.96. The van der Waals surface area contributed by atoms with Crippen LogP contribution in [0.15, 0.2) is 0 Å². The zero-order chi connectivity index (χ0) is 14.1. The van der Waals surface area contributed by atoms with Crippen LogP contribution in [0.1, 0.15) is 46.5 Å². The van der Waals surface area contributed by atoms with Crippen molar-refractivity contribution in [3.8, 4) is 0 Å². The fourth-order valence-corrected chi connectivity index (χ4v) is 4.76. The van der Waals surface area contributed by atoms with Gasteiger partial charge in [-0.2, -0.15) is 0 Å².